The molecule has 3 aromatic rings. The van der Waals surface area contributed by atoms with Crippen LogP contribution in [0.4, 0.5) is 5.69 Å². The zero-order chi connectivity index (χ0) is 19.2. The molecule has 1 N–H and O–H groups in total. The third kappa shape index (κ3) is 4.69. The minimum atomic E-state index is -0.218. The smallest absolute Gasteiger partial charge is 0.234 e. The van der Waals surface area contributed by atoms with Crippen LogP contribution in [-0.4, -0.2) is 46.1 Å². The van der Waals surface area contributed by atoms with Crippen LogP contribution in [0.25, 0.3) is 5.69 Å². The Morgan fingerprint density at radius 2 is 2.07 bits per heavy atom. The first-order chi connectivity index (χ1) is 13.1. The molecule has 0 saturated heterocycles. The molecule has 0 aliphatic carbocycles. The number of halogens is 1. The number of thioether (sulfide) groups is 1. The fourth-order valence-electron chi connectivity index (χ4n) is 2.26. The number of nitrogens with one attached hydrogen (secondary N) is 1. The number of carbonyl (C=O) groups excluding carboxylic acids is 1. The normalized spacial score (nSPS) is 10.5. The number of tetrazole rings is 1. The summed E-state index contributed by atoms with van der Waals surface area (Å²) < 4.78 is 11.9. The molecule has 0 bridgehead atoms. The molecule has 0 aliphatic rings. The van der Waals surface area contributed by atoms with Crippen LogP contribution < -0.4 is 14.8 Å². The Kier molecular flexibility index (Phi) is 6.15. The van der Waals surface area contributed by atoms with Crippen molar-refractivity contribution in [1.82, 2.24) is 20.2 Å². The molecule has 140 valence electrons. The summed E-state index contributed by atoms with van der Waals surface area (Å²) in [7, 11) is 3.09. The Morgan fingerprint density at radius 3 is 2.81 bits per heavy atom. The highest BCUT2D eigenvalue weighted by molar-refractivity contribution is 7.99. The molecule has 0 aliphatic heterocycles. The number of rotatable bonds is 7. The van der Waals surface area contributed by atoms with Crippen molar-refractivity contribution in [3.05, 3.63) is 47.5 Å². The van der Waals surface area contributed by atoms with E-state index in [4.69, 9.17) is 21.1 Å². The summed E-state index contributed by atoms with van der Waals surface area (Å²) in [4.78, 5) is 12.3. The first-order valence-corrected chi connectivity index (χ1v) is 9.16. The van der Waals surface area contributed by atoms with Gasteiger partial charge in [-0.3, -0.25) is 4.79 Å². The van der Waals surface area contributed by atoms with E-state index in [1.807, 2.05) is 6.07 Å². The number of benzene rings is 2. The molecular formula is C17H16ClN5O3S. The van der Waals surface area contributed by atoms with Crippen LogP contribution in [-0.2, 0) is 4.79 Å². The van der Waals surface area contributed by atoms with E-state index < -0.39 is 0 Å². The average Bonchev–Trinajstić information content (AvgIpc) is 3.15. The lowest BCUT2D eigenvalue weighted by molar-refractivity contribution is -0.113. The Bertz CT molecular complexity index is 950. The first-order valence-electron chi connectivity index (χ1n) is 7.79. The summed E-state index contributed by atoms with van der Waals surface area (Å²) in [6, 6.07) is 12.3. The number of hydrogen-bond donors (Lipinski definition) is 1. The third-order valence-corrected chi connectivity index (χ3v) is 4.66. The van der Waals surface area contributed by atoms with Crippen LogP contribution in [0.15, 0.2) is 47.6 Å². The van der Waals surface area contributed by atoms with Gasteiger partial charge in [-0.1, -0.05) is 29.4 Å². The van der Waals surface area contributed by atoms with Crippen molar-refractivity contribution >= 4 is 35.0 Å². The van der Waals surface area contributed by atoms with Crippen molar-refractivity contribution in [3.63, 3.8) is 0 Å². The summed E-state index contributed by atoms with van der Waals surface area (Å²) in [6.07, 6.45) is 0. The molecule has 1 amide bonds. The number of ether oxygens (including phenoxy) is 2. The van der Waals surface area contributed by atoms with Crippen molar-refractivity contribution in [3.8, 4) is 17.2 Å². The number of methoxy groups -OCH3 is 2. The number of nitrogens with zero attached hydrogens (tertiary/aromatic N) is 4. The van der Waals surface area contributed by atoms with Crippen molar-refractivity contribution in [1.29, 1.82) is 0 Å². The Hall–Kier alpha value is -2.78. The molecule has 0 saturated carbocycles. The summed E-state index contributed by atoms with van der Waals surface area (Å²) in [5.41, 5.74) is 1.27. The Labute approximate surface area is 164 Å². The largest absolute Gasteiger partial charge is 0.497 e. The molecule has 2 aromatic carbocycles. The second kappa shape index (κ2) is 8.74. The van der Waals surface area contributed by atoms with E-state index in [-0.39, 0.29) is 11.7 Å². The molecule has 1 aromatic heterocycles. The van der Waals surface area contributed by atoms with Gasteiger partial charge >= 0.3 is 0 Å². The van der Waals surface area contributed by atoms with E-state index >= 15 is 0 Å². The minimum absolute atomic E-state index is 0.121. The Morgan fingerprint density at radius 1 is 1.22 bits per heavy atom. The lowest BCUT2D eigenvalue weighted by Gasteiger charge is -2.11. The van der Waals surface area contributed by atoms with E-state index in [1.54, 1.807) is 43.5 Å². The van der Waals surface area contributed by atoms with Gasteiger partial charge in [0, 0.05) is 11.1 Å². The summed E-state index contributed by atoms with van der Waals surface area (Å²) in [5, 5.41) is 15.4. The molecule has 0 atom stereocenters. The Balaban J connectivity index is 1.66. The predicted molar refractivity (Wildman–Crippen MR) is 103 cm³/mol. The molecule has 27 heavy (non-hydrogen) atoms. The van der Waals surface area contributed by atoms with Crippen molar-refractivity contribution < 1.29 is 14.3 Å². The fourth-order valence-corrected chi connectivity index (χ4v) is 3.13. The van der Waals surface area contributed by atoms with Crippen LogP contribution in [0, 0.1) is 0 Å². The van der Waals surface area contributed by atoms with Crippen LogP contribution in [0.2, 0.25) is 5.02 Å². The summed E-state index contributed by atoms with van der Waals surface area (Å²) >= 11 is 7.22. The number of amides is 1. The van der Waals surface area contributed by atoms with E-state index in [0.29, 0.717) is 33.1 Å². The maximum Gasteiger partial charge on any atom is 0.234 e. The van der Waals surface area contributed by atoms with E-state index in [0.717, 1.165) is 0 Å². The van der Waals surface area contributed by atoms with Crippen LogP contribution in [0.3, 0.4) is 0 Å². The molecule has 8 nitrogen and oxygen atoms in total. The lowest BCUT2D eigenvalue weighted by Crippen LogP contribution is -2.15. The van der Waals surface area contributed by atoms with Gasteiger partial charge in [-0.25, -0.2) is 0 Å². The number of aromatic nitrogens is 4. The second-order valence-electron chi connectivity index (χ2n) is 5.26. The van der Waals surface area contributed by atoms with Gasteiger partial charge in [0.05, 0.1) is 31.3 Å². The minimum Gasteiger partial charge on any atom is -0.497 e. The molecule has 0 unspecified atom stereocenters. The second-order valence-corrected chi connectivity index (χ2v) is 6.64. The van der Waals surface area contributed by atoms with Gasteiger partial charge in [-0.05, 0) is 40.8 Å². The lowest BCUT2D eigenvalue weighted by atomic mass is 10.2. The fraction of sp³-hybridized carbons (Fsp3) is 0.176. The quantitative estimate of drug-likeness (QED) is 0.604. The molecule has 3 rings (SSSR count). The molecule has 10 heteroatoms. The molecule has 0 spiro atoms. The van der Waals surface area contributed by atoms with Crippen molar-refractivity contribution in [2.75, 3.05) is 25.3 Å². The van der Waals surface area contributed by atoms with Crippen LogP contribution >= 0.6 is 23.4 Å². The first kappa shape index (κ1) is 19.0. The van der Waals surface area contributed by atoms with Gasteiger partial charge in [0.25, 0.3) is 0 Å². The highest BCUT2D eigenvalue weighted by Crippen LogP contribution is 2.29. The predicted octanol–water partition coefficient (Wildman–Crippen LogP) is 3.06. The topological polar surface area (TPSA) is 91.2 Å². The summed E-state index contributed by atoms with van der Waals surface area (Å²) in [6.45, 7) is 0. The molecular weight excluding hydrogens is 390 g/mol. The standard InChI is InChI=1S/C17H16ClN5O3S/c1-25-13-6-7-14(15(9-13)26-2)19-16(24)10-27-17-20-21-22-23(17)12-5-3-4-11(18)8-12/h3-9H,10H2,1-2H3,(H,19,24). The highest BCUT2D eigenvalue weighted by atomic mass is 35.5. The van der Waals surface area contributed by atoms with Crippen molar-refractivity contribution in [2.45, 2.75) is 5.16 Å². The molecule has 1 heterocycles. The van der Waals surface area contributed by atoms with Gasteiger partial charge in [0.15, 0.2) is 0 Å². The van der Waals surface area contributed by atoms with Crippen LogP contribution in [0.5, 0.6) is 11.5 Å². The van der Waals surface area contributed by atoms with E-state index in [9.17, 15) is 4.79 Å². The highest BCUT2D eigenvalue weighted by Gasteiger charge is 2.13. The van der Waals surface area contributed by atoms with Gasteiger partial charge in [0.2, 0.25) is 11.1 Å². The van der Waals surface area contributed by atoms with Gasteiger partial charge in [-0.2, -0.15) is 4.68 Å². The third-order valence-electron chi connectivity index (χ3n) is 3.51. The van der Waals surface area contributed by atoms with E-state index in [2.05, 4.69) is 20.8 Å². The molecule has 0 fully saturated rings. The monoisotopic (exact) mass is 405 g/mol. The van der Waals surface area contributed by atoms with Crippen LogP contribution in [0.1, 0.15) is 0 Å². The van der Waals surface area contributed by atoms with Gasteiger partial charge in [0.1, 0.15) is 11.5 Å². The summed E-state index contributed by atoms with van der Waals surface area (Å²) in [5.74, 6) is 1.05. The zero-order valence-corrected chi connectivity index (χ0v) is 16.1. The maximum absolute atomic E-state index is 12.3. The van der Waals surface area contributed by atoms with Gasteiger partial charge < -0.3 is 14.8 Å². The SMILES string of the molecule is COc1ccc(NC(=O)CSc2nnnn2-c2cccc(Cl)c2)c(OC)c1. The van der Waals surface area contributed by atoms with Crippen molar-refractivity contribution in [2.24, 2.45) is 0 Å². The van der Waals surface area contributed by atoms with E-state index in [1.165, 1.54) is 23.6 Å². The average molecular weight is 406 g/mol. The number of carbonyl (C=O) groups is 1. The number of hydrogen-bond acceptors (Lipinski definition) is 7. The zero-order valence-electron chi connectivity index (χ0n) is 14.5. The number of anilines is 1. The maximum atomic E-state index is 12.3. The van der Waals surface area contributed by atoms with Gasteiger partial charge in [-0.15, -0.1) is 5.10 Å². The molecule has 0 radical (unpaired) electrons.